The fourth-order valence-corrected chi connectivity index (χ4v) is 3.78. The standard InChI is InChI=1S/C16H30N2O2/c1-4-14-11-18(10-9-17(14)3)12-16(15(19)20)7-5-13(2)6-8-16/h13-14H,4-12H2,1-3H3,(H,19,20). The summed E-state index contributed by atoms with van der Waals surface area (Å²) in [4.78, 5) is 16.6. The van der Waals surface area contributed by atoms with Crippen LogP contribution in [0.15, 0.2) is 0 Å². The number of carboxylic acid groups (broad SMARTS) is 1. The van der Waals surface area contributed by atoms with Crippen LogP contribution in [-0.2, 0) is 4.79 Å². The van der Waals surface area contributed by atoms with Crippen molar-refractivity contribution in [3.05, 3.63) is 0 Å². The molecule has 2 fully saturated rings. The van der Waals surface area contributed by atoms with Crippen LogP contribution in [0.4, 0.5) is 0 Å². The van der Waals surface area contributed by atoms with Gasteiger partial charge >= 0.3 is 5.97 Å². The Balaban J connectivity index is 2.00. The molecule has 2 rings (SSSR count). The first-order valence-corrected chi connectivity index (χ1v) is 8.13. The number of nitrogens with zero attached hydrogens (tertiary/aromatic N) is 2. The van der Waals surface area contributed by atoms with E-state index in [1.165, 1.54) is 0 Å². The molecule has 0 aromatic rings. The number of carbonyl (C=O) groups is 1. The second-order valence-corrected chi connectivity index (χ2v) is 7.05. The third-order valence-electron chi connectivity index (χ3n) is 5.54. The van der Waals surface area contributed by atoms with E-state index in [0.717, 1.165) is 58.3 Å². The van der Waals surface area contributed by atoms with Gasteiger partial charge in [0.2, 0.25) is 0 Å². The van der Waals surface area contributed by atoms with E-state index < -0.39 is 11.4 Å². The first-order chi connectivity index (χ1) is 9.47. The Labute approximate surface area is 123 Å². The van der Waals surface area contributed by atoms with Crippen molar-refractivity contribution in [2.75, 3.05) is 33.2 Å². The van der Waals surface area contributed by atoms with Crippen LogP contribution in [0.3, 0.4) is 0 Å². The van der Waals surface area contributed by atoms with Gasteiger partial charge in [-0.1, -0.05) is 13.8 Å². The van der Waals surface area contributed by atoms with E-state index in [2.05, 4.69) is 30.7 Å². The lowest BCUT2D eigenvalue weighted by Gasteiger charge is -2.44. The van der Waals surface area contributed by atoms with Crippen molar-refractivity contribution in [1.82, 2.24) is 9.80 Å². The van der Waals surface area contributed by atoms with Gasteiger partial charge in [-0.2, -0.15) is 0 Å². The molecular weight excluding hydrogens is 252 g/mol. The SMILES string of the molecule is CCC1CN(CC2(C(=O)O)CCC(C)CC2)CCN1C. The summed E-state index contributed by atoms with van der Waals surface area (Å²) in [6.07, 6.45) is 4.98. The molecule has 1 unspecified atom stereocenters. The molecule has 1 N–H and O–H groups in total. The first kappa shape index (κ1) is 15.8. The summed E-state index contributed by atoms with van der Waals surface area (Å²) < 4.78 is 0. The lowest BCUT2D eigenvalue weighted by Crippen LogP contribution is -2.55. The zero-order valence-electron chi connectivity index (χ0n) is 13.3. The molecule has 4 heteroatoms. The van der Waals surface area contributed by atoms with Gasteiger partial charge in [-0.15, -0.1) is 0 Å². The molecule has 0 aromatic carbocycles. The van der Waals surface area contributed by atoms with E-state index in [-0.39, 0.29) is 0 Å². The summed E-state index contributed by atoms with van der Waals surface area (Å²) in [6.45, 7) is 8.31. The van der Waals surface area contributed by atoms with Gasteiger partial charge in [0.15, 0.2) is 0 Å². The summed E-state index contributed by atoms with van der Waals surface area (Å²) >= 11 is 0. The zero-order chi connectivity index (χ0) is 14.8. The molecule has 0 aromatic heterocycles. The highest BCUT2D eigenvalue weighted by atomic mass is 16.4. The summed E-state index contributed by atoms with van der Waals surface area (Å²) in [6, 6.07) is 0.581. The Bertz CT molecular complexity index is 337. The molecule has 1 atom stereocenters. The third-order valence-corrected chi connectivity index (χ3v) is 5.54. The van der Waals surface area contributed by atoms with Crippen molar-refractivity contribution in [1.29, 1.82) is 0 Å². The predicted octanol–water partition coefficient (Wildman–Crippen LogP) is 2.29. The van der Waals surface area contributed by atoms with E-state index in [9.17, 15) is 9.90 Å². The smallest absolute Gasteiger partial charge is 0.310 e. The molecule has 0 spiro atoms. The van der Waals surface area contributed by atoms with Crippen LogP contribution in [-0.4, -0.2) is 60.1 Å². The van der Waals surface area contributed by atoms with E-state index in [4.69, 9.17) is 0 Å². The Hall–Kier alpha value is -0.610. The van der Waals surface area contributed by atoms with Gasteiger partial charge in [0, 0.05) is 32.2 Å². The molecule has 116 valence electrons. The minimum absolute atomic E-state index is 0.485. The van der Waals surface area contributed by atoms with E-state index in [1.807, 2.05) is 0 Å². The Morgan fingerprint density at radius 1 is 1.30 bits per heavy atom. The normalized spacial score (nSPS) is 37.0. The lowest BCUT2D eigenvalue weighted by atomic mass is 9.70. The molecule has 0 radical (unpaired) electrons. The van der Waals surface area contributed by atoms with Crippen LogP contribution in [0.1, 0.15) is 46.0 Å². The topological polar surface area (TPSA) is 43.8 Å². The minimum atomic E-state index is -0.573. The van der Waals surface area contributed by atoms with Crippen LogP contribution >= 0.6 is 0 Å². The molecule has 1 aliphatic heterocycles. The maximum atomic E-state index is 11.8. The maximum Gasteiger partial charge on any atom is 0.310 e. The molecule has 4 nitrogen and oxygen atoms in total. The summed E-state index contributed by atoms with van der Waals surface area (Å²) in [5.74, 6) is 0.120. The number of aliphatic carboxylic acids is 1. The van der Waals surface area contributed by atoms with Crippen LogP contribution in [0.5, 0.6) is 0 Å². The first-order valence-electron chi connectivity index (χ1n) is 8.13. The molecule has 1 heterocycles. The number of rotatable bonds is 4. The van der Waals surface area contributed by atoms with Gasteiger partial charge in [-0.25, -0.2) is 0 Å². The zero-order valence-corrected chi connectivity index (χ0v) is 13.3. The molecule has 1 saturated carbocycles. The highest BCUT2D eigenvalue weighted by molar-refractivity contribution is 5.75. The maximum absolute atomic E-state index is 11.8. The second kappa shape index (κ2) is 6.44. The van der Waals surface area contributed by atoms with Gasteiger partial charge in [0.25, 0.3) is 0 Å². The largest absolute Gasteiger partial charge is 0.481 e. The Morgan fingerprint density at radius 3 is 2.50 bits per heavy atom. The van der Waals surface area contributed by atoms with E-state index in [1.54, 1.807) is 0 Å². The number of likely N-dealkylation sites (N-methyl/N-ethyl adjacent to an activating group) is 1. The quantitative estimate of drug-likeness (QED) is 0.859. The number of carboxylic acids is 1. The highest BCUT2D eigenvalue weighted by Gasteiger charge is 2.43. The minimum Gasteiger partial charge on any atom is -0.481 e. The van der Waals surface area contributed by atoms with Crippen molar-refractivity contribution in [2.45, 2.75) is 52.0 Å². The van der Waals surface area contributed by atoms with Crippen molar-refractivity contribution in [3.8, 4) is 0 Å². The molecule has 20 heavy (non-hydrogen) atoms. The molecule has 0 amide bonds. The van der Waals surface area contributed by atoms with E-state index >= 15 is 0 Å². The lowest BCUT2D eigenvalue weighted by molar-refractivity contribution is -0.153. The molecule has 1 saturated heterocycles. The number of hydrogen-bond acceptors (Lipinski definition) is 3. The Kier molecular flexibility index (Phi) is 5.08. The average molecular weight is 282 g/mol. The van der Waals surface area contributed by atoms with Crippen LogP contribution in [0, 0.1) is 11.3 Å². The molecular formula is C16H30N2O2. The van der Waals surface area contributed by atoms with E-state index in [0.29, 0.717) is 12.0 Å². The van der Waals surface area contributed by atoms with Crippen molar-refractivity contribution < 1.29 is 9.90 Å². The van der Waals surface area contributed by atoms with Crippen LogP contribution in [0.25, 0.3) is 0 Å². The molecule has 2 aliphatic rings. The van der Waals surface area contributed by atoms with Gasteiger partial charge in [-0.3, -0.25) is 9.69 Å². The van der Waals surface area contributed by atoms with Gasteiger partial charge in [-0.05, 0) is 45.1 Å². The predicted molar refractivity (Wildman–Crippen MR) is 80.8 cm³/mol. The Morgan fingerprint density at radius 2 is 1.95 bits per heavy atom. The summed E-state index contributed by atoms with van der Waals surface area (Å²) in [5.41, 5.74) is -0.485. The average Bonchev–Trinajstić information content (AvgIpc) is 2.43. The summed E-state index contributed by atoms with van der Waals surface area (Å²) in [5, 5.41) is 9.74. The monoisotopic (exact) mass is 282 g/mol. The van der Waals surface area contributed by atoms with Crippen molar-refractivity contribution in [2.24, 2.45) is 11.3 Å². The van der Waals surface area contributed by atoms with Gasteiger partial charge in [0.05, 0.1) is 5.41 Å². The highest BCUT2D eigenvalue weighted by Crippen LogP contribution is 2.40. The van der Waals surface area contributed by atoms with Gasteiger partial charge < -0.3 is 10.0 Å². The van der Waals surface area contributed by atoms with Crippen molar-refractivity contribution >= 4 is 5.97 Å². The number of piperazine rings is 1. The fourth-order valence-electron chi connectivity index (χ4n) is 3.78. The van der Waals surface area contributed by atoms with Gasteiger partial charge in [0.1, 0.15) is 0 Å². The third kappa shape index (κ3) is 3.34. The second-order valence-electron chi connectivity index (χ2n) is 7.05. The van der Waals surface area contributed by atoms with Crippen LogP contribution in [0.2, 0.25) is 0 Å². The fraction of sp³-hybridized carbons (Fsp3) is 0.938. The summed E-state index contributed by atoms with van der Waals surface area (Å²) in [7, 11) is 2.18. The molecule has 0 bridgehead atoms. The molecule has 1 aliphatic carbocycles. The van der Waals surface area contributed by atoms with Crippen molar-refractivity contribution in [3.63, 3.8) is 0 Å². The number of hydrogen-bond donors (Lipinski definition) is 1. The van der Waals surface area contributed by atoms with Crippen LogP contribution < -0.4 is 0 Å².